The molecule has 0 radical (unpaired) electrons. The highest BCUT2D eigenvalue weighted by molar-refractivity contribution is 5.30. The number of likely N-dealkylation sites (N-methyl/N-ethyl adjacent to an activating group) is 1. The number of hydrogen-bond donors (Lipinski definition) is 1. The average Bonchev–Trinajstić information content (AvgIpc) is 2.98. The molecule has 5 nitrogen and oxygen atoms in total. The van der Waals surface area contributed by atoms with Crippen molar-refractivity contribution in [1.29, 1.82) is 0 Å². The number of methoxy groups -OCH3 is 1. The minimum absolute atomic E-state index is 0.534. The van der Waals surface area contributed by atoms with Crippen LogP contribution in [-0.4, -0.2) is 55.5 Å². The summed E-state index contributed by atoms with van der Waals surface area (Å²) < 4.78 is 7.68. The van der Waals surface area contributed by atoms with Crippen molar-refractivity contribution in [3.63, 3.8) is 0 Å². The van der Waals surface area contributed by atoms with E-state index >= 15 is 0 Å². The lowest BCUT2D eigenvalue weighted by molar-refractivity contribution is 0.348. The van der Waals surface area contributed by atoms with Crippen LogP contribution < -0.4 is 10.1 Å². The number of hydrogen-bond acceptors (Lipinski definition) is 4. The van der Waals surface area contributed by atoms with Gasteiger partial charge in [-0.05, 0) is 39.9 Å². The van der Waals surface area contributed by atoms with Crippen molar-refractivity contribution < 1.29 is 4.74 Å². The highest BCUT2D eigenvalue weighted by Crippen LogP contribution is 2.42. The van der Waals surface area contributed by atoms with Gasteiger partial charge in [0.25, 0.3) is 0 Å². The summed E-state index contributed by atoms with van der Waals surface area (Å²) >= 11 is 0. The normalized spacial score (nSPS) is 26.4. The maximum Gasteiger partial charge on any atom is 0.160 e. The predicted molar refractivity (Wildman–Crippen MR) is 81.3 cm³/mol. The van der Waals surface area contributed by atoms with Crippen LogP contribution >= 0.6 is 0 Å². The number of aromatic nitrogens is 2. The second kappa shape index (κ2) is 6.59. The molecule has 1 fully saturated rings. The van der Waals surface area contributed by atoms with Crippen molar-refractivity contribution in [3.05, 3.63) is 11.9 Å². The third-order valence-corrected chi connectivity index (χ3v) is 4.60. The first-order valence-electron chi connectivity index (χ1n) is 7.50. The Kier molecular flexibility index (Phi) is 5.05. The molecule has 1 N–H and O–H groups in total. The molecule has 0 saturated heterocycles. The monoisotopic (exact) mass is 280 g/mol. The Balaban J connectivity index is 2.22. The van der Waals surface area contributed by atoms with E-state index in [1.165, 1.54) is 18.5 Å². The van der Waals surface area contributed by atoms with Crippen molar-refractivity contribution in [2.75, 3.05) is 34.8 Å². The topological polar surface area (TPSA) is 42.3 Å². The SMILES string of the molecule is CNC1CCC(c2c(OC)cnn2CCN(C)C)C1C. The van der Waals surface area contributed by atoms with E-state index in [9.17, 15) is 0 Å². The molecule has 3 atom stereocenters. The molecule has 1 aliphatic rings. The highest BCUT2D eigenvalue weighted by Gasteiger charge is 2.36. The molecule has 5 heteroatoms. The molecule has 0 aromatic carbocycles. The molecular formula is C15H28N4O. The van der Waals surface area contributed by atoms with Gasteiger partial charge in [0.05, 0.1) is 25.5 Å². The van der Waals surface area contributed by atoms with Crippen LogP contribution in [0, 0.1) is 5.92 Å². The van der Waals surface area contributed by atoms with Gasteiger partial charge in [0, 0.05) is 18.5 Å². The molecule has 1 aliphatic carbocycles. The van der Waals surface area contributed by atoms with Gasteiger partial charge in [-0.1, -0.05) is 6.92 Å². The summed E-state index contributed by atoms with van der Waals surface area (Å²) in [5.74, 6) is 2.09. The molecule has 0 spiro atoms. The first-order valence-corrected chi connectivity index (χ1v) is 7.50. The van der Waals surface area contributed by atoms with E-state index in [4.69, 9.17) is 4.74 Å². The third kappa shape index (κ3) is 2.99. The zero-order valence-corrected chi connectivity index (χ0v) is 13.4. The molecule has 0 bridgehead atoms. The quantitative estimate of drug-likeness (QED) is 0.858. The second-order valence-electron chi connectivity index (χ2n) is 6.06. The van der Waals surface area contributed by atoms with Gasteiger partial charge in [-0.25, -0.2) is 0 Å². The second-order valence-corrected chi connectivity index (χ2v) is 6.06. The largest absolute Gasteiger partial charge is 0.493 e. The molecule has 3 unspecified atom stereocenters. The van der Waals surface area contributed by atoms with E-state index in [2.05, 4.69) is 48.1 Å². The summed E-state index contributed by atoms with van der Waals surface area (Å²) in [4.78, 5) is 2.19. The molecule has 0 amide bonds. The van der Waals surface area contributed by atoms with Gasteiger partial charge in [-0.15, -0.1) is 0 Å². The van der Waals surface area contributed by atoms with Crippen LogP contribution in [0.4, 0.5) is 0 Å². The Morgan fingerprint density at radius 2 is 2.20 bits per heavy atom. The molecule has 1 aromatic rings. The molecular weight excluding hydrogens is 252 g/mol. The Bertz CT molecular complexity index is 430. The van der Waals surface area contributed by atoms with Crippen molar-refractivity contribution in [2.45, 2.75) is 38.3 Å². The third-order valence-electron chi connectivity index (χ3n) is 4.60. The zero-order valence-electron chi connectivity index (χ0n) is 13.4. The summed E-state index contributed by atoms with van der Waals surface area (Å²) in [7, 11) is 7.99. The fourth-order valence-electron chi connectivity index (χ4n) is 3.34. The summed E-state index contributed by atoms with van der Waals surface area (Å²) in [5, 5.41) is 7.97. The molecule has 114 valence electrons. The maximum absolute atomic E-state index is 5.55. The van der Waals surface area contributed by atoms with Gasteiger partial charge in [0.2, 0.25) is 0 Å². The molecule has 1 heterocycles. The maximum atomic E-state index is 5.55. The standard InChI is InChI=1S/C15H28N4O/c1-11-12(6-7-13(11)16-2)15-14(20-5)10-17-19(15)9-8-18(3)4/h10-13,16H,6-9H2,1-5H3. The van der Waals surface area contributed by atoms with Gasteiger partial charge >= 0.3 is 0 Å². The van der Waals surface area contributed by atoms with E-state index in [0.29, 0.717) is 17.9 Å². The number of nitrogens with zero attached hydrogens (tertiary/aromatic N) is 3. The van der Waals surface area contributed by atoms with E-state index in [0.717, 1.165) is 18.8 Å². The Morgan fingerprint density at radius 1 is 1.45 bits per heavy atom. The number of rotatable bonds is 6. The Hall–Kier alpha value is -1.07. The lowest BCUT2D eigenvalue weighted by Gasteiger charge is -2.22. The van der Waals surface area contributed by atoms with Crippen molar-refractivity contribution >= 4 is 0 Å². The van der Waals surface area contributed by atoms with Crippen LogP contribution in [0.5, 0.6) is 5.75 Å². The van der Waals surface area contributed by atoms with Crippen LogP contribution in [-0.2, 0) is 6.54 Å². The van der Waals surface area contributed by atoms with E-state index in [-0.39, 0.29) is 0 Å². The summed E-state index contributed by atoms with van der Waals surface area (Å²) in [5.41, 5.74) is 1.28. The molecule has 1 aromatic heterocycles. The molecule has 2 rings (SSSR count). The summed E-state index contributed by atoms with van der Waals surface area (Å²) in [6.07, 6.45) is 4.30. The minimum Gasteiger partial charge on any atom is -0.493 e. The first kappa shape index (κ1) is 15.3. The lowest BCUT2D eigenvalue weighted by atomic mass is 9.92. The average molecular weight is 280 g/mol. The molecule has 1 saturated carbocycles. The lowest BCUT2D eigenvalue weighted by Crippen LogP contribution is -2.29. The fourth-order valence-corrected chi connectivity index (χ4v) is 3.34. The molecule has 20 heavy (non-hydrogen) atoms. The van der Waals surface area contributed by atoms with Crippen LogP contribution in [0.3, 0.4) is 0 Å². The van der Waals surface area contributed by atoms with Gasteiger partial charge < -0.3 is 15.0 Å². The number of nitrogens with one attached hydrogen (secondary N) is 1. The number of ether oxygens (including phenoxy) is 1. The van der Waals surface area contributed by atoms with E-state index < -0.39 is 0 Å². The van der Waals surface area contributed by atoms with Gasteiger partial charge in [0.1, 0.15) is 0 Å². The van der Waals surface area contributed by atoms with Gasteiger partial charge in [-0.2, -0.15) is 5.10 Å². The summed E-state index contributed by atoms with van der Waals surface area (Å²) in [6, 6.07) is 0.599. The highest BCUT2D eigenvalue weighted by atomic mass is 16.5. The fraction of sp³-hybridized carbons (Fsp3) is 0.800. The molecule has 0 aliphatic heterocycles. The van der Waals surface area contributed by atoms with Gasteiger partial charge in [0.15, 0.2) is 5.75 Å². The first-order chi connectivity index (χ1) is 9.58. The van der Waals surface area contributed by atoms with Crippen LogP contribution in [0.2, 0.25) is 0 Å². The van der Waals surface area contributed by atoms with Crippen LogP contribution in [0.15, 0.2) is 6.20 Å². The van der Waals surface area contributed by atoms with Crippen molar-refractivity contribution in [1.82, 2.24) is 20.0 Å². The van der Waals surface area contributed by atoms with Crippen LogP contribution in [0.25, 0.3) is 0 Å². The summed E-state index contributed by atoms with van der Waals surface area (Å²) in [6.45, 7) is 4.25. The van der Waals surface area contributed by atoms with Gasteiger partial charge in [-0.3, -0.25) is 4.68 Å². The Labute approximate surface area is 122 Å². The smallest absolute Gasteiger partial charge is 0.160 e. The predicted octanol–water partition coefficient (Wildman–Crippen LogP) is 1.55. The zero-order chi connectivity index (χ0) is 14.7. The van der Waals surface area contributed by atoms with Crippen molar-refractivity contribution in [3.8, 4) is 5.75 Å². The van der Waals surface area contributed by atoms with Crippen molar-refractivity contribution in [2.24, 2.45) is 5.92 Å². The van der Waals surface area contributed by atoms with E-state index in [1.807, 2.05) is 6.20 Å². The minimum atomic E-state index is 0.534. The Morgan fingerprint density at radius 3 is 2.75 bits per heavy atom. The van der Waals surface area contributed by atoms with Crippen LogP contribution in [0.1, 0.15) is 31.4 Å². The van der Waals surface area contributed by atoms with E-state index in [1.54, 1.807) is 7.11 Å².